The van der Waals surface area contributed by atoms with Crippen molar-refractivity contribution in [2.45, 2.75) is 0 Å². The number of carboxylic acid groups (broad SMARTS) is 1. The summed E-state index contributed by atoms with van der Waals surface area (Å²) in [6.45, 7) is 0. The molecule has 94 valence electrons. The van der Waals surface area contributed by atoms with Crippen LogP contribution in [0.3, 0.4) is 0 Å². The number of fused-ring (bicyclic) bond motifs is 1. The van der Waals surface area contributed by atoms with Crippen molar-refractivity contribution in [2.75, 3.05) is 0 Å². The lowest BCUT2D eigenvalue weighted by molar-refractivity contribution is 0.0688. The maximum Gasteiger partial charge on any atom is 0.356 e. The molecule has 19 heavy (non-hydrogen) atoms. The zero-order valence-corrected chi connectivity index (χ0v) is 10.5. The van der Waals surface area contributed by atoms with Gasteiger partial charge in [0.2, 0.25) is 0 Å². The summed E-state index contributed by atoms with van der Waals surface area (Å²) in [5, 5.41) is 11.2. The largest absolute Gasteiger partial charge is 0.476 e. The molecule has 0 aliphatic rings. The van der Waals surface area contributed by atoms with Gasteiger partial charge in [0, 0.05) is 5.39 Å². The minimum Gasteiger partial charge on any atom is -0.476 e. The third-order valence-corrected chi connectivity index (χ3v) is 3.23. The summed E-state index contributed by atoms with van der Waals surface area (Å²) in [7, 11) is 0. The lowest BCUT2D eigenvalue weighted by atomic mass is 10.1. The van der Waals surface area contributed by atoms with E-state index < -0.39 is 5.97 Å². The Bertz CT molecular complexity index is 775. The van der Waals surface area contributed by atoms with Crippen LogP contribution in [-0.2, 0) is 0 Å². The van der Waals surface area contributed by atoms with Crippen LogP contribution >= 0.6 is 11.6 Å². The first-order valence-corrected chi connectivity index (χ1v) is 6.00. The highest BCUT2D eigenvalue weighted by Gasteiger charge is 2.18. The van der Waals surface area contributed by atoms with E-state index in [1.165, 1.54) is 10.9 Å². The van der Waals surface area contributed by atoms with Gasteiger partial charge in [-0.25, -0.2) is 9.78 Å². The summed E-state index contributed by atoms with van der Waals surface area (Å²) in [4.78, 5) is 15.1. The van der Waals surface area contributed by atoms with Crippen molar-refractivity contribution in [3.8, 4) is 5.69 Å². The number of imidazole rings is 1. The number of rotatable bonds is 2. The Labute approximate surface area is 113 Å². The number of carboxylic acids is 1. The van der Waals surface area contributed by atoms with Crippen LogP contribution in [0, 0.1) is 0 Å². The maximum atomic E-state index is 11.3. The molecule has 1 heterocycles. The van der Waals surface area contributed by atoms with Gasteiger partial charge in [0.25, 0.3) is 0 Å². The highest BCUT2D eigenvalue weighted by molar-refractivity contribution is 6.32. The van der Waals surface area contributed by atoms with E-state index in [0.29, 0.717) is 0 Å². The predicted octanol–water partition coefficient (Wildman–Crippen LogP) is 3.38. The molecule has 2 aromatic carbocycles. The number of aromatic carboxylic acids is 1. The van der Waals surface area contributed by atoms with Crippen LogP contribution in [0.4, 0.5) is 0 Å². The maximum absolute atomic E-state index is 11.3. The van der Waals surface area contributed by atoms with E-state index in [9.17, 15) is 9.90 Å². The third-order valence-electron chi connectivity index (χ3n) is 2.95. The summed E-state index contributed by atoms with van der Waals surface area (Å²) in [5.74, 6) is -1.10. The standard InChI is InChI=1S/C14H9ClN2O2/c15-13-12(14(18)19)17(8-16-13)11-7-3-5-9-4-1-2-6-10(9)11/h1-8H,(H,18,19). The van der Waals surface area contributed by atoms with E-state index in [4.69, 9.17) is 11.6 Å². The van der Waals surface area contributed by atoms with E-state index in [0.717, 1.165) is 16.5 Å². The molecular weight excluding hydrogens is 264 g/mol. The Hall–Kier alpha value is -2.33. The highest BCUT2D eigenvalue weighted by atomic mass is 35.5. The summed E-state index contributed by atoms with van der Waals surface area (Å²) in [5.41, 5.74) is 0.716. The molecule has 5 heteroatoms. The molecule has 1 aromatic heterocycles. The van der Waals surface area contributed by atoms with Crippen molar-refractivity contribution < 1.29 is 9.90 Å². The molecule has 0 bridgehead atoms. The van der Waals surface area contributed by atoms with Crippen molar-refractivity contribution >= 4 is 28.3 Å². The van der Waals surface area contributed by atoms with Gasteiger partial charge in [-0.15, -0.1) is 0 Å². The molecule has 0 radical (unpaired) electrons. The fourth-order valence-corrected chi connectivity index (χ4v) is 2.33. The van der Waals surface area contributed by atoms with E-state index in [2.05, 4.69) is 4.98 Å². The fraction of sp³-hybridized carbons (Fsp3) is 0. The molecule has 1 N–H and O–H groups in total. The number of carbonyl (C=O) groups is 1. The summed E-state index contributed by atoms with van der Waals surface area (Å²) in [6.07, 6.45) is 1.42. The molecule has 0 spiro atoms. The van der Waals surface area contributed by atoms with Gasteiger partial charge < -0.3 is 5.11 Å². The molecular formula is C14H9ClN2O2. The SMILES string of the molecule is O=C(O)c1c(Cl)ncn1-c1cccc2ccccc12. The first-order chi connectivity index (χ1) is 9.18. The average Bonchev–Trinajstić information content (AvgIpc) is 2.80. The van der Waals surface area contributed by atoms with E-state index >= 15 is 0 Å². The summed E-state index contributed by atoms with van der Waals surface area (Å²) >= 11 is 5.83. The molecule has 0 saturated heterocycles. The van der Waals surface area contributed by atoms with Crippen molar-refractivity contribution in [2.24, 2.45) is 0 Å². The highest BCUT2D eigenvalue weighted by Crippen LogP contribution is 2.25. The summed E-state index contributed by atoms with van der Waals surface area (Å²) < 4.78 is 1.49. The van der Waals surface area contributed by atoms with E-state index in [1.807, 2.05) is 42.5 Å². The van der Waals surface area contributed by atoms with Crippen LogP contribution in [0.1, 0.15) is 10.5 Å². The molecule has 3 aromatic rings. The lowest BCUT2D eigenvalue weighted by Crippen LogP contribution is -2.06. The predicted molar refractivity (Wildman–Crippen MR) is 73.0 cm³/mol. The van der Waals surface area contributed by atoms with E-state index in [1.54, 1.807) is 0 Å². The van der Waals surface area contributed by atoms with Crippen LogP contribution in [0.2, 0.25) is 5.15 Å². The quantitative estimate of drug-likeness (QED) is 0.778. The molecule has 0 atom stereocenters. The topological polar surface area (TPSA) is 55.1 Å². The monoisotopic (exact) mass is 272 g/mol. The number of benzene rings is 2. The molecule has 0 amide bonds. The number of nitrogens with zero attached hydrogens (tertiary/aromatic N) is 2. The van der Waals surface area contributed by atoms with Gasteiger partial charge in [0.1, 0.15) is 6.33 Å². The van der Waals surface area contributed by atoms with Crippen LogP contribution in [-0.4, -0.2) is 20.6 Å². The van der Waals surface area contributed by atoms with Gasteiger partial charge in [-0.3, -0.25) is 4.57 Å². The van der Waals surface area contributed by atoms with Crippen molar-refractivity contribution in [1.29, 1.82) is 0 Å². The molecule has 0 aliphatic carbocycles. The number of hydrogen-bond donors (Lipinski definition) is 1. The van der Waals surface area contributed by atoms with Gasteiger partial charge in [0.15, 0.2) is 10.8 Å². The van der Waals surface area contributed by atoms with Gasteiger partial charge in [-0.2, -0.15) is 0 Å². The number of halogens is 1. The Morgan fingerprint density at radius 1 is 1.16 bits per heavy atom. The van der Waals surface area contributed by atoms with Crippen molar-refractivity contribution in [1.82, 2.24) is 9.55 Å². The molecule has 0 aliphatic heterocycles. The van der Waals surface area contributed by atoms with Crippen LogP contribution in [0.5, 0.6) is 0 Å². The fourth-order valence-electron chi connectivity index (χ4n) is 2.12. The normalized spacial score (nSPS) is 10.8. The van der Waals surface area contributed by atoms with Gasteiger partial charge in [-0.05, 0) is 11.5 Å². The van der Waals surface area contributed by atoms with Crippen molar-refractivity contribution in [3.63, 3.8) is 0 Å². The second-order valence-electron chi connectivity index (χ2n) is 4.06. The minimum absolute atomic E-state index is 0.0135. The lowest BCUT2D eigenvalue weighted by Gasteiger charge is -2.09. The second-order valence-corrected chi connectivity index (χ2v) is 4.42. The van der Waals surface area contributed by atoms with Gasteiger partial charge in [0.05, 0.1) is 5.69 Å². The third kappa shape index (κ3) is 1.86. The molecule has 3 rings (SSSR count). The molecule has 4 nitrogen and oxygen atoms in total. The zero-order valence-electron chi connectivity index (χ0n) is 9.75. The number of aromatic nitrogens is 2. The second kappa shape index (κ2) is 4.40. The Balaban J connectivity index is 2.34. The van der Waals surface area contributed by atoms with Crippen LogP contribution in [0.25, 0.3) is 16.5 Å². The summed E-state index contributed by atoms with van der Waals surface area (Å²) in [6, 6.07) is 13.4. The Morgan fingerprint density at radius 3 is 2.68 bits per heavy atom. The zero-order chi connectivity index (χ0) is 13.4. The molecule has 0 saturated carbocycles. The average molecular weight is 273 g/mol. The van der Waals surface area contributed by atoms with Crippen LogP contribution in [0.15, 0.2) is 48.8 Å². The Kier molecular flexibility index (Phi) is 2.72. The number of hydrogen-bond acceptors (Lipinski definition) is 2. The van der Waals surface area contributed by atoms with E-state index in [-0.39, 0.29) is 10.8 Å². The molecule has 0 unspecified atom stereocenters. The molecule has 0 fully saturated rings. The van der Waals surface area contributed by atoms with Gasteiger partial charge in [-0.1, -0.05) is 48.0 Å². The minimum atomic E-state index is -1.10. The van der Waals surface area contributed by atoms with Crippen molar-refractivity contribution in [3.05, 3.63) is 59.6 Å². The van der Waals surface area contributed by atoms with Crippen LogP contribution < -0.4 is 0 Å². The first kappa shape index (κ1) is 11.7. The smallest absolute Gasteiger partial charge is 0.356 e. The Morgan fingerprint density at radius 2 is 1.89 bits per heavy atom. The first-order valence-electron chi connectivity index (χ1n) is 5.63. The van der Waals surface area contributed by atoms with Gasteiger partial charge >= 0.3 is 5.97 Å².